The first-order valence-corrected chi connectivity index (χ1v) is 7.73. The van der Waals surface area contributed by atoms with Gasteiger partial charge in [-0.15, -0.1) is 0 Å². The maximum absolute atomic E-state index is 11.9. The standard InChI is InChI=1S/C16H13BrClNO4/c1-22-14-7-6-12(18)8-13(14)19-15(20)9-23-16(21)10-2-4-11(17)5-3-10/h2-8H,9H2,1H3,(H,19,20). The Hall–Kier alpha value is -2.05. The van der Waals surface area contributed by atoms with E-state index >= 15 is 0 Å². The van der Waals surface area contributed by atoms with Crippen LogP contribution in [0.5, 0.6) is 5.75 Å². The van der Waals surface area contributed by atoms with Gasteiger partial charge in [0.25, 0.3) is 5.91 Å². The first kappa shape index (κ1) is 17.3. The van der Waals surface area contributed by atoms with E-state index in [4.69, 9.17) is 21.1 Å². The molecule has 0 atom stereocenters. The first-order valence-electron chi connectivity index (χ1n) is 6.55. The Morgan fingerprint density at radius 3 is 2.52 bits per heavy atom. The lowest BCUT2D eigenvalue weighted by molar-refractivity contribution is -0.119. The summed E-state index contributed by atoms with van der Waals surface area (Å²) in [7, 11) is 1.48. The molecule has 2 aromatic rings. The van der Waals surface area contributed by atoms with Gasteiger partial charge in [-0.3, -0.25) is 4.79 Å². The van der Waals surface area contributed by atoms with E-state index in [-0.39, 0.29) is 0 Å². The third-order valence-electron chi connectivity index (χ3n) is 2.85. The Morgan fingerprint density at radius 1 is 1.17 bits per heavy atom. The molecule has 0 unspecified atom stereocenters. The molecule has 0 bridgehead atoms. The average Bonchev–Trinajstić information content (AvgIpc) is 2.53. The molecule has 0 aromatic heterocycles. The van der Waals surface area contributed by atoms with Crippen molar-refractivity contribution in [2.24, 2.45) is 0 Å². The van der Waals surface area contributed by atoms with Gasteiger partial charge >= 0.3 is 5.97 Å². The maximum atomic E-state index is 11.9. The first-order chi connectivity index (χ1) is 11.0. The number of methoxy groups -OCH3 is 1. The van der Waals surface area contributed by atoms with Gasteiger partial charge in [0, 0.05) is 9.50 Å². The third-order valence-corrected chi connectivity index (χ3v) is 3.61. The maximum Gasteiger partial charge on any atom is 0.338 e. The Morgan fingerprint density at radius 2 is 1.87 bits per heavy atom. The minimum Gasteiger partial charge on any atom is -0.495 e. The zero-order chi connectivity index (χ0) is 16.8. The Kier molecular flexibility index (Phi) is 6.01. The number of rotatable bonds is 5. The highest BCUT2D eigenvalue weighted by atomic mass is 79.9. The van der Waals surface area contributed by atoms with Crippen LogP contribution in [0.4, 0.5) is 5.69 Å². The summed E-state index contributed by atoms with van der Waals surface area (Å²) in [5.74, 6) is -0.608. The van der Waals surface area contributed by atoms with Gasteiger partial charge in [-0.05, 0) is 42.5 Å². The molecule has 0 saturated heterocycles. The molecule has 0 heterocycles. The molecule has 1 N–H and O–H groups in total. The van der Waals surface area contributed by atoms with Crippen LogP contribution in [-0.4, -0.2) is 25.6 Å². The van der Waals surface area contributed by atoms with Crippen LogP contribution in [0.2, 0.25) is 5.02 Å². The molecule has 120 valence electrons. The van der Waals surface area contributed by atoms with Gasteiger partial charge < -0.3 is 14.8 Å². The van der Waals surface area contributed by atoms with Crippen molar-refractivity contribution in [1.29, 1.82) is 0 Å². The van der Waals surface area contributed by atoms with E-state index in [1.807, 2.05) is 0 Å². The van der Waals surface area contributed by atoms with E-state index in [2.05, 4.69) is 21.2 Å². The minimum atomic E-state index is -0.578. The van der Waals surface area contributed by atoms with Crippen LogP contribution in [0.15, 0.2) is 46.9 Å². The normalized spacial score (nSPS) is 10.0. The van der Waals surface area contributed by atoms with Crippen LogP contribution in [0.3, 0.4) is 0 Å². The lowest BCUT2D eigenvalue weighted by atomic mass is 10.2. The smallest absolute Gasteiger partial charge is 0.338 e. The van der Waals surface area contributed by atoms with Crippen LogP contribution in [-0.2, 0) is 9.53 Å². The van der Waals surface area contributed by atoms with Crippen molar-refractivity contribution in [3.63, 3.8) is 0 Å². The number of ether oxygens (including phenoxy) is 2. The van der Waals surface area contributed by atoms with Crippen LogP contribution in [0.25, 0.3) is 0 Å². The molecular formula is C16H13BrClNO4. The molecule has 0 aliphatic carbocycles. The number of amides is 1. The quantitative estimate of drug-likeness (QED) is 0.776. The molecule has 0 radical (unpaired) electrons. The fourth-order valence-electron chi connectivity index (χ4n) is 1.76. The molecule has 2 aromatic carbocycles. The molecule has 5 nitrogen and oxygen atoms in total. The van der Waals surface area contributed by atoms with Gasteiger partial charge in [0.1, 0.15) is 5.75 Å². The van der Waals surface area contributed by atoms with Crippen molar-refractivity contribution in [3.8, 4) is 5.75 Å². The fourth-order valence-corrected chi connectivity index (χ4v) is 2.20. The van der Waals surface area contributed by atoms with E-state index in [0.717, 1.165) is 4.47 Å². The van der Waals surface area contributed by atoms with Crippen LogP contribution >= 0.6 is 27.5 Å². The van der Waals surface area contributed by atoms with Gasteiger partial charge in [-0.25, -0.2) is 4.79 Å². The number of carbonyl (C=O) groups excluding carboxylic acids is 2. The van der Waals surface area contributed by atoms with Crippen molar-refractivity contribution in [1.82, 2.24) is 0 Å². The van der Waals surface area contributed by atoms with E-state index in [1.165, 1.54) is 7.11 Å². The summed E-state index contributed by atoms with van der Waals surface area (Å²) >= 11 is 9.16. The molecule has 0 aliphatic rings. The molecule has 0 aliphatic heterocycles. The monoisotopic (exact) mass is 397 g/mol. The average molecular weight is 399 g/mol. The highest BCUT2D eigenvalue weighted by Gasteiger charge is 2.12. The van der Waals surface area contributed by atoms with Crippen LogP contribution in [0.1, 0.15) is 10.4 Å². The van der Waals surface area contributed by atoms with E-state index in [1.54, 1.807) is 42.5 Å². The fraction of sp³-hybridized carbons (Fsp3) is 0.125. The summed E-state index contributed by atoms with van der Waals surface area (Å²) < 4.78 is 10.9. The van der Waals surface area contributed by atoms with Gasteiger partial charge in [-0.1, -0.05) is 27.5 Å². The predicted molar refractivity (Wildman–Crippen MR) is 91.1 cm³/mol. The summed E-state index contributed by atoms with van der Waals surface area (Å²) in [4.78, 5) is 23.7. The lowest BCUT2D eigenvalue weighted by Gasteiger charge is -2.10. The van der Waals surface area contributed by atoms with Gasteiger partial charge in [-0.2, -0.15) is 0 Å². The Balaban J connectivity index is 1.94. The molecule has 1 amide bonds. The molecule has 7 heteroatoms. The zero-order valence-corrected chi connectivity index (χ0v) is 14.5. The lowest BCUT2D eigenvalue weighted by Crippen LogP contribution is -2.21. The summed E-state index contributed by atoms with van der Waals surface area (Å²) in [5.41, 5.74) is 0.769. The van der Waals surface area contributed by atoms with Crippen molar-refractivity contribution < 1.29 is 19.1 Å². The molecular weight excluding hydrogens is 386 g/mol. The van der Waals surface area contributed by atoms with Crippen molar-refractivity contribution in [2.45, 2.75) is 0 Å². The molecule has 0 spiro atoms. The molecule has 0 fully saturated rings. The van der Waals surface area contributed by atoms with Gasteiger partial charge in [0.2, 0.25) is 0 Å². The summed E-state index contributed by atoms with van der Waals surface area (Å²) in [6, 6.07) is 11.5. The summed E-state index contributed by atoms with van der Waals surface area (Å²) in [5, 5.41) is 3.04. The summed E-state index contributed by atoms with van der Waals surface area (Å²) in [6.45, 7) is -0.412. The highest BCUT2D eigenvalue weighted by Crippen LogP contribution is 2.27. The van der Waals surface area contributed by atoms with Crippen molar-refractivity contribution in [2.75, 3.05) is 19.0 Å². The van der Waals surface area contributed by atoms with Crippen molar-refractivity contribution >= 4 is 45.1 Å². The van der Waals surface area contributed by atoms with Crippen LogP contribution in [0, 0.1) is 0 Å². The Labute approximate surface area is 146 Å². The second kappa shape index (κ2) is 7.99. The topological polar surface area (TPSA) is 64.6 Å². The zero-order valence-electron chi connectivity index (χ0n) is 12.1. The number of hydrogen-bond donors (Lipinski definition) is 1. The molecule has 0 saturated carbocycles. The Bertz CT molecular complexity index is 719. The number of nitrogens with one attached hydrogen (secondary N) is 1. The second-order valence-electron chi connectivity index (χ2n) is 4.48. The van der Waals surface area contributed by atoms with Gasteiger partial charge in [0.05, 0.1) is 18.4 Å². The number of esters is 1. The van der Waals surface area contributed by atoms with Crippen LogP contribution < -0.4 is 10.1 Å². The second-order valence-corrected chi connectivity index (χ2v) is 5.83. The van der Waals surface area contributed by atoms with E-state index < -0.39 is 18.5 Å². The number of carbonyl (C=O) groups is 2. The molecule has 23 heavy (non-hydrogen) atoms. The van der Waals surface area contributed by atoms with Gasteiger partial charge in [0.15, 0.2) is 6.61 Å². The largest absolute Gasteiger partial charge is 0.495 e. The number of halogens is 2. The predicted octanol–water partition coefficient (Wildman–Crippen LogP) is 3.91. The number of anilines is 1. The minimum absolute atomic E-state index is 0.362. The summed E-state index contributed by atoms with van der Waals surface area (Å²) in [6.07, 6.45) is 0. The number of benzene rings is 2. The molecule has 2 rings (SSSR count). The third kappa shape index (κ3) is 4.97. The van der Waals surface area contributed by atoms with E-state index in [9.17, 15) is 9.59 Å². The van der Waals surface area contributed by atoms with Crippen molar-refractivity contribution in [3.05, 3.63) is 57.5 Å². The SMILES string of the molecule is COc1ccc(Cl)cc1NC(=O)COC(=O)c1ccc(Br)cc1. The highest BCUT2D eigenvalue weighted by molar-refractivity contribution is 9.10. The van der Waals surface area contributed by atoms with E-state index in [0.29, 0.717) is 22.0 Å². The number of hydrogen-bond acceptors (Lipinski definition) is 4.